The van der Waals surface area contributed by atoms with Crippen molar-refractivity contribution in [3.05, 3.63) is 54.4 Å². The van der Waals surface area contributed by atoms with E-state index in [9.17, 15) is 4.39 Å². The van der Waals surface area contributed by atoms with Crippen LogP contribution in [0, 0.1) is 5.82 Å². The van der Waals surface area contributed by atoms with E-state index >= 15 is 0 Å². The van der Waals surface area contributed by atoms with Crippen LogP contribution in [-0.2, 0) is 9.47 Å². The number of aromatic nitrogens is 2. The van der Waals surface area contributed by atoms with E-state index < -0.39 is 0 Å². The molecule has 2 aromatic rings. The highest BCUT2D eigenvalue weighted by Gasteiger charge is 2.12. The van der Waals surface area contributed by atoms with Crippen LogP contribution in [0.5, 0.6) is 0 Å². The standard InChI is InChI=1S/C14H13FN2O2/c15-12-3-1-2-4-13(12)17-10-16-9-11(17)5-6-14-18-7-8-19-14/h1-6,9-10,14H,7-8H2/b6-5+. The number of hydrogen-bond donors (Lipinski definition) is 0. The summed E-state index contributed by atoms with van der Waals surface area (Å²) in [7, 11) is 0. The molecule has 1 aromatic heterocycles. The topological polar surface area (TPSA) is 36.3 Å². The molecule has 1 aliphatic rings. The predicted octanol–water partition coefficient (Wildman–Crippen LogP) is 2.40. The van der Waals surface area contributed by atoms with Crippen molar-refractivity contribution < 1.29 is 13.9 Å². The summed E-state index contributed by atoms with van der Waals surface area (Å²) >= 11 is 0. The summed E-state index contributed by atoms with van der Waals surface area (Å²) in [5.74, 6) is -0.288. The third kappa shape index (κ3) is 2.57. The zero-order valence-corrected chi connectivity index (χ0v) is 10.2. The van der Waals surface area contributed by atoms with E-state index in [0.717, 1.165) is 5.69 Å². The number of hydrogen-bond acceptors (Lipinski definition) is 3. The number of rotatable bonds is 3. The molecule has 3 rings (SSSR count). The van der Waals surface area contributed by atoms with Gasteiger partial charge in [0.2, 0.25) is 0 Å². The van der Waals surface area contributed by atoms with Gasteiger partial charge in [0, 0.05) is 0 Å². The molecule has 0 saturated carbocycles. The van der Waals surface area contributed by atoms with Gasteiger partial charge < -0.3 is 9.47 Å². The van der Waals surface area contributed by atoms with Gasteiger partial charge >= 0.3 is 0 Å². The first-order valence-corrected chi connectivity index (χ1v) is 6.03. The normalized spacial score (nSPS) is 16.5. The average molecular weight is 260 g/mol. The van der Waals surface area contributed by atoms with Crippen molar-refractivity contribution in [1.82, 2.24) is 9.55 Å². The first-order valence-electron chi connectivity index (χ1n) is 6.03. The van der Waals surface area contributed by atoms with Crippen molar-refractivity contribution in [1.29, 1.82) is 0 Å². The third-order valence-corrected chi connectivity index (χ3v) is 2.85. The SMILES string of the molecule is Fc1ccccc1-n1cncc1/C=C/C1OCCO1. The Morgan fingerprint density at radius 1 is 1.26 bits per heavy atom. The summed E-state index contributed by atoms with van der Waals surface area (Å²) in [6.45, 7) is 1.20. The van der Waals surface area contributed by atoms with Crippen LogP contribution < -0.4 is 0 Å². The van der Waals surface area contributed by atoms with Crippen LogP contribution in [0.15, 0.2) is 42.9 Å². The highest BCUT2D eigenvalue weighted by atomic mass is 19.1. The van der Waals surface area contributed by atoms with Crippen LogP contribution in [0.3, 0.4) is 0 Å². The van der Waals surface area contributed by atoms with Gasteiger partial charge in [0.15, 0.2) is 6.29 Å². The molecule has 0 amide bonds. The van der Waals surface area contributed by atoms with Gasteiger partial charge in [-0.2, -0.15) is 0 Å². The van der Waals surface area contributed by atoms with Gasteiger partial charge in [-0.1, -0.05) is 12.1 Å². The summed E-state index contributed by atoms with van der Waals surface area (Å²) in [5.41, 5.74) is 1.23. The molecule has 98 valence electrons. The lowest BCUT2D eigenvalue weighted by Gasteiger charge is -2.07. The summed E-state index contributed by atoms with van der Waals surface area (Å²) in [5, 5.41) is 0. The monoisotopic (exact) mass is 260 g/mol. The predicted molar refractivity (Wildman–Crippen MR) is 68.2 cm³/mol. The molecule has 1 aliphatic heterocycles. The molecule has 0 atom stereocenters. The zero-order valence-electron chi connectivity index (χ0n) is 10.2. The van der Waals surface area contributed by atoms with Crippen molar-refractivity contribution in [2.24, 2.45) is 0 Å². The summed E-state index contributed by atoms with van der Waals surface area (Å²) in [6, 6.07) is 6.57. The fourth-order valence-corrected chi connectivity index (χ4v) is 1.94. The van der Waals surface area contributed by atoms with Gasteiger partial charge in [-0.05, 0) is 24.3 Å². The lowest BCUT2D eigenvalue weighted by atomic mass is 10.3. The molecule has 0 radical (unpaired) electrons. The molecule has 19 heavy (non-hydrogen) atoms. The van der Waals surface area contributed by atoms with Crippen molar-refractivity contribution in [3.8, 4) is 5.69 Å². The van der Waals surface area contributed by atoms with Crippen molar-refractivity contribution in [2.45, 2.75) is 6.29 Å². The van der Waals surface area contributed by atoms with E-state index in [2.05, 4.69) is 4.98 Å². The van der Waals surface area contributed by atoms with Gasteiger partial charge in [0.1, 0.15) is 5.82 Å². The maximum absolute atomic E-state index is 13.8. The minimum atomic E-state index is -0.330. The van der Waals surface area contributed by atoms with E-state index in [1.807, 2.05) is 6.08 Å². The second-order valence-electron chi connectivity index (χ2n) is 4.11. The molecule has 4 nitrogen and oxygen atoms in total. The van der Waals surface area contributed by atoms with Gasteiger partial charge in [0.25, 0.3) is 0 Å². The molecule has 0 unspecified atom stereocenters. The van der Waals surface area contributed by atoms with Gasteiger partial charge in [-0.25, -0.2) is 9.37 Å². The lowest BCUT2D eigenvalue weighted by Crippen LogP contribution is -2.03. The minimum absolute atomic E-state index is 0.288. The van der Waals surface area contributed by atoms with E-state index in [4.69, 9.17) is 9.47 Å². The fourth-order valence-electron chi connectivity index (χ4n) is 1.94. The highest BCUT2D eigenvalue weighted by Crippen LogP contribution is 2.17. The molecular formula is C14H13FN2O2. The number of halogens is 1. The molecule has 1 aromatic carbocycles. The zero-order chi connectivity index (χ0) is 13.1. The van der Waals surface area contributed by atoms with Crippen LogP contribution >= 0.6 is 0 Å². The second-order valence-corrected chi connectivity index (χ2v) is 4.11. The minimum Gasteiger partial charge on any atom is -0.347 e. The smallest absolute Gasteiger partial charge is 0.177 e. The molecule has 0 bridgehead atoms. The Morgan fingerprint density at radius 3 is 2.84 bits per heavy atom. The first kappa shape index (κ1) is 12.1. The van der Waals surface area contributed by atoms with E-state index in [0.29, 0.717) is 18.9 Å². The molecule has 1 fully saturated rings. The number of nitrogens with zero attached hydrogens (tertiary/aromatic N) is 2. The van der Waals surface area contributed by atoms with Crippen LogP contribution in [0.2, 0.25) is 0 Å². The fraction of sp³-hybridized carbons (Fsp3) is 0.214. The summed E-state index contributed by atoms with van der Waals surface area (Å²) < 4.78 is 26.0. The molecular weight excluding hydrogens is 247 g/mol. The van der Waals surface area contributed by atoms with Crippen LogP contribution in [0.1, 0.15) is 5.69 Å². The Hall–Kier alpha value is -1.98. The Morgan fingerprint density at radius 2 is 2.05 bits per heavy atom. The Bertz CT molecular complexity index is 589. The van der Waals surface area contributed by atoms with Crippen molar-refractivity contribution in [2.75, 3.05) is 13.2 Å². The summed E-state index contributed by atoms with van der Waals surface area (Å²) in [6.07, 6.45) is 6.52. The number of para-hydroxylation sites is 1. The molecule has 0 spiro atoms. The van der Waals surface area contributed by atoms with Gasteiger partial charge in [-0.15, -0.1) is 0 Å². The second kappa shape index (κ2) is 5.34. The maximum atomic E-state index is 13.8. The highest BCUT2D eigenvalue weighted by molar-refractivity contribution is 5.49. The Labute approximate surface area is 110 Å². The van der Waals surface area contributed by atoms with Crippen LogP contribution in [0.25, 0.3) is 11.8 Å². The largest absolute Gasteiger partial charge is 0.347 e. The van der Waals surface area contributed by atoms with Crippen LogP contribution in [-0.4, -0.2) is 29.1 Å². The maximum Gasteiger partial charge on any atom is 0.177 e. The van der Waals surface area contributed by atoms with Gasteiger partial charge in [-0.3, -0.25) is 4.57 Å². The Balaban J connectivity index is 1.88. The lowest BCUT2D eigenvalue weighted by molar-refractivity contribution is -0.000920. The molecule has 2 heterocycles. The van der Waals surface area contributed by atoms with E-state index in [-0.39, 0.29) is 12.1 Å². The van der Waals surface area contributed by atoms with Gasteiger partial charge in [0.05, 0.1) is 37.1 Å². The molecule has 1 saturated heterocycles. The average Bonchev–Trinajstić information content (AvgIpc) is 3.08. The molecule has 0 N–H and O–H groups in total. The number of benzene rings is 1. The third-order valence-electron chi connectivity index (χ3n) is 2.85. The van der Waals surface area contributed by atoms with Crippen molar-refractivity contribution in [3.63, 3.8) is 0 Å². The Kier molecular flexibility index (Phi) is 3.39. The van der Waals surface area contributed by atoms with E-state index in [1.165, 1.54) is 6.07 Å². The van der Waals surface area contributed by atoms with Crippen molar-refractivity contribution >= 4 is 6.08 Å². The molecule has 5 heteroatoms. The van der Waals surface area contributed by atoms with Crippen LogP contribution in [0.4, 0.5) is 4.39 Å². The first-order chi connectivity index (χ1) is 9.34. The quantitative estimate of drug-likeness (QED) is 0.850. The molecule has 0 aliphatic carbocycles. The van der Waals surface area contributed by atoms with E-state index in [1.54, 1.807) is 41.4 Å². The number of ether oxygens (including phenoxy) is 2. The number of imidazole rings is 1. The summed E-state index contributed by atoms with van der Waals surface area (Å²) in [4.78, 5) is 4.05.